The molecule has 2 N–H and O–H groups in total. The molecule has 0 amide bonds. The number of benzene rings is 1. The van der Waals surface area contributed by atoms with Gasteiger partial charge in [-0.05, 0) is 44.9 Å². The lowest BCUT2D eigenvalue weighted by molar-refractivity contribution is 0.0415. The predicted molar refractivity (Wildman–Crippen MR) is 86.6 cm³/mol. The van der Waals surface area contributed by atoms with Crippen LogP contribution in [0.15, 0.2) is 18.2 Å². The summed E-state index contributed by atoms with van der Waals surface area (Å²) in [5.41, 5.74) is 8.13. The van der Waals surface area contributed by atoms with Gasteiger partial charge >= 0.3 is 0 Å². The molecule has 2 atom stereocenters. The van der Waals surface area contributed by atoms with Crippen LogP contribution in [0.25, 0.3) is 11.0 Å². The molecule has 2 aliphatic heterocycles. The van der Waals surface area contributed by atoms with Crippen molar-refractivity contribution in [1.29, 1.82) is 0 Å². The molecule has 112 valence electrons. The molecule has 2 unspecified atom stereocenters. The zero-order valence-corrected chi connectivity index (χ0v) is 13.1. The van der Waals surface area contributed by atoms with E-state index < -0.39 is 0 Å². The average Bonchev–Trinajstić information content (AvgIpc) is 2.76. The van der Waals surface area contributed by atoms with Crippen molar-refractivity contribution in [1.82, 2.24) is 14.5 Å². The van der Waals surface area contributed by atoms with E-state index in [0.29, 0.717) is 24.1 Å². The van der Waals surface area contributed by atoms with E-state index in [0.717, 1.165) is 28.9 Å². The fourth-order valence-corrected chi connectivity index (χ4v) is 4.55. The van der Waals surface area contributed by atoms with E-state index in [-0.39, 0.29) is 0 Å². The molecule has 2 fully saturated rings. The molecular weight excluding hydrogens is 284 g/mol. The van der Waals surface area contributed by atoms with E-state index in [9.17, 15) is 0 Å². The van der Waals surface area contributed by atoms with Crippen LogP contribution in [0.4, 0.5) is 5.95 Å². The first-order valence-electron chi connectivity index (χ1n) is 7.79. The first kappa shape index (κ1) is 13.4. The minimum Gasteiger partial charge on any atom is -0.369 e. The molecule has 0 spiro atoms. The second-order valence-corrected chi connectivity index (χ2v) is 6.88. The molecule has 4 rings (SSSR count). The quantitative estimate of drug-likeness (QED) is 0.877. The van der Waals surface area contributed by atoms with Crippen molar-refractivity contribution in [3.8, 4) is 0 Å². The molecule has 2 aromatic rings. The Balaban J connectivity index is 1.79. The maximum Gasteiger partial charge on any atom is 0.201 e. The number of hydrogen-bond acceptors (Lipinski definition) is 3. The number of rotatable bonds is 1. The highest BCUT2D eigenvalue weighted by atomic mass is 35.5. The summed E-state index contributed by atoms with van der Waals surface area (Å²) in [6, 6.07) is 7.61. The van der Waals surface area contributed by atoms with E-state index in [1.807, 2.05) is 18.2 Å². The van der Waals surface area contributed by atoms with Gasteiger partial charge in [-0.25, -0.2) is 4.98 Å². The summed E-state index contributed by atoms with van der Waals surface area (Å²) in [4.78, 5) is 7.07. The van der Waals surface area contributed by atoms with E-state index >= 15 is 0 Å². The first-order chi connectivity index (χ1) is 10.1. The molecule has 0 aliphatic carbocycles. The summed E-state index contributed by atoms with van der Waals surface area (Å²) in [5.74, 6) is 0.603. The number of imidazole rings is 1. The van der Waals surface area contributed by atoms with Crippen molar-refractivity contribution in [2.24, 2.45) is 0 Å². The molecule has 0 saturated carbocycles. The van der Waals surface area contributed by atoms with Crippen LogP contribution in [0.3, 0.4) is 0 Å². The SMILES string of the molecule is CN1C2CCCC1CC(n1c(N)nc3cccc(Cl)c31)C2. The molecule has 0 radical (unpaired) electrons. The Labute approximate surface area is 129 Å². The summed E-state index contributed by atoms with van der Waals surface area (Å²) < 4.78 is 2.19. The number of aromatic nitrogens is 2. The van der Waals surface area contributed by atoms with E-state index in [2.05, 4.69) is 21.5 Å². The fraction of sp³-hybridized carbons (Fsp3) is 0.562. The number of fused-ring (bicyclic) bond motifs is 3. The van der Waals surface area contributed by atoms with Crippen LogP contribution in [0.2, 0.25) is 5.02 Å². The Hall–Kier alpha value is -1.26. The maximum atomic E-state index is 6.42. The van der Waals surface area contributed by atoms with Crippen molar-refractivity contribution >= 4 is 28.6 Å². The number of para-hydroxylation sites is 1. The Kier molecular flexibility index (Phi) is 3.12. The molecule has 21 heavy (non-hydrogen) atoms. The van der Waals surface area contributed by atoms with E-state index in [1.54, 1.807) is 0 Å². The lowest BCUT2D eigenvalue weighted by Crippen LogP contribution is -2.50. The van der Waals surface area contributed by atoms with Crippen LogP contribution in [-0.2, 0) is 0 Å². The molecule has 5 heteroatoms. The van der Waals surface area contributed by atoms with E-state index in [1.165, 1.54) is 19.3 Å². The summed E-state index contributed by atoms with van der Waals surface area (Å²) in [7, 11) is 2.27. The number of anilines is 1. The lowest BCUT2D eigenvalue weighted by Gasteiger charge is -2.47. The average molecular weight is 305 g/mol. The van der Waals surface area contributed by atoms with Crippen LogP contribution in [0.5, 0.6) is 0 Å². The number of hydrogen-bond donors (Lipinski definition) is 1. The Morgan fingerprint density at radius 1 is 1.19 bits per heavy atom. The topological polar surface area (TPSA) is 47.1 Å². The molecule has 4 nitrogen and oxygen atoms in total. The molecule has 1 aromatic heterocycles. The normalized spacial score (nSPS) is 29.9. The Bertz CT molecular complexity index is 666. The zero-order valence-electron chi connectivity index (χ0n) is 12.3. The number of halogens is 1. The highest BCUT2D eigenvalue weighted by molar-refractivity contribution is 6.35. The Morgan fingerprint density at radius 2 is 1.90 bits per heavy atom. The maximum absolute atomic E-state index is 6.42. The van der Waals surface area contributed by atoms with Crippen molar-refractivity contribution in [2.75, 3.05) is 12.8 Å². The van der Waals surface area contributed by atoms with E-state index in [4.69, 9.17) is 17.3 Å². The molecule has 3 heterocycles. The summed E-state index contributed by atoms with van der Waals surface area (Å²) >= 11 is 6.42. The molecule has 1 aromatic carbocycles. The minimum absolute atomic E-state index is 0.418. The Morgan fingerprint density at radius 3 is 2.62 bits per heavy atom. The second-order valence-electron chi connectivity index (χ2n) is 6.48. The van der Waals surface area contributed by atoms with Gasteiger partial charge in [-0.3, -0.25) is 0 Å². The summed E-state index contributed by atoms with van der Waals surface area (Å²) in [6.45, 7) is 0. The molecule has 2 aliphatic rings. The van der Waals surface area contributed by atoms with Gasteiger partial charge in [0.15, 0.2) is 0 Å². The van der Waals surface area contributed by atoms with Gasteiger partial charge in [0.1, 0.15) is 0 Å². The summed E-state index contributed by atoms with van der Waals surface area (Å²) in [5, 5.41) is 0.751. The van der Waals surface area contributed by atoms with Crippen LogP contribution in [-0.4, -0.2) is 33.6 Å². The van der Waals surface area contributed by atoms with Crippen LogP contribution in [0.1, 0.15) is 38.1 Å². The van der Waals surface area contributed by atoms with Crippen molar-refractivity contribution in [2.45, 2.75) is 50.2 Å². The molecular formula is C16H21ClN4. The van der Waals surface area contributed by atoms with Gasteiger partial charge in [-0.15, -0.1) is 0 Å². The minimum atomic E-state index is 0.418. The predicted octanol–water partition coefficient (Wildman–Crippen LogP) is 3.46. The third kappa shape index (κ3) is 2.04. The zero-order chi connectivity index (χ0) is 14.6. The smallest absolute Gasteiger partial charge is 0.201 e. The molecule has 2 saturated heterocycles. The van der Waals surface area contributed by atoms with Crippen LogP contribution < -0.4 is 5.73 Å². The van der Waals surface area contributed by atoms with Gasteiger partial charge in [0.2, 0.25) is 5.95 Å². The standard InChI is InChI=1S/C16H21ClN4/c1-20-10-4-2-5-11(20)9-12(8-10)21-15-13(17)6-3-7-14(15)19-16(21)18/h3,6-7,10-12H,2,4-5,8-9H2,1H3,(H2,18,19). The second kappa shape index (κ2) is 4.89. The highest BCUT2D eigenvalue weighted by Crippen LogP contribution is 2.41. The van der Waals surface area contributed by atoms with Gasteiger partial charge in [-0.2, -0.15) is 0 Å². The lowest BCUT2D eigenvalue weighted by atomic mass is 9.82. The summed E-state index contributed by atoms with van der Waals surface area (Å²) in [6.07, 6.45) is 6.24. The van der Waals surface area contributed by atoms with Crippen LogP contribution in [0, 0.1) is 0 Å². The first-order valence-corrected chi connectivity index (χ1v) is 8.17. The number of nitrogens with zero attached hydrogens (tertiary/aromatic N) is 3. The van der Waals surface area contributed by atoms with Gasteiger partial charge < -0.3 is 15.2 Å². The van der Waals surface area contributed by atoms with Crippen molar-refractivity contribution in [3.63, 3.8) is 0 Å². The number of piperidine rings is 2. The van der Waals surface area contributed by atoms with Gasteiger partial charge in [0.25, 0.3) is 0 Å². The highest BCUT2D eigenvalue weighted by Gasteiger charge is 2.37. The monoisotopic (exact) mass is 304 g/mol. The molecule has 2 bridgehead atoms. The van der Waals surface area contributed by atoms with Gasteiger partial charge in [0.05, 0.1) is 16.1 Å². The third-order valence-electron chi connectivity index (χ3n) is 5.37. The van der Waals surface area contributed by atoms with Crippen molar-refractivity contribution < 1.29 is 0 Å². The largest absolute Gasteiger partial charge is 0.369 e. The van der Waals surface area contributed by atoms with Gasteiger partial charge in [0, 0.05) is 18.1 Å². The number of nitrogen functional groups attached to an aromatic ring is 1. The third-order valence-corrected chi connectivity index (χ3v) is 5.67. The van der Waals surface area contributed by atoms with Crippen molar-refractivity contribution in [3.05, 3.63) is 23.2 Å². The van der Waals surface area contributed by atoms with Crippen LogP contribution >= 0.6 is 11.6 Å². The number of nitrogens with two attached hydrogens (primary N) is 1. The fourth-order valence-electron chi connectivity index (χ4n) is 4.29. The van der Waals surface area contributed by atoms with Gasteiger partial charge in [-0.1, -0.05) is 24.1 Å².